The summed E-state index contributed by atoms with van der Waals surface area (Å²) in [4.78, 5) is 0. The molecule has 4 nitrogen and oxygen atoms in total. The Morgan fingerprint density at radius 3 is 2.75 bits per heavy atom. The van der Waals surface area contributed by atoms with Crippen LogP contribution in [0.1, 0.15) is 0 Å². The minimum Gasteiger partial charge on any atom is -0.479 e. The normalized spacial score (nSPS) is 9.00. The average molecular weight is 112 g/mol. The van der Waals surface area contributed by atoms with Gasteiger partial charge in [0.1, 0.15) is 0 Å². The third kappa shape index (κ3) is 0.556. The van der Waals surface area contributed by atoms with Gasteiger partial charge in [-0.1, -0.05) is 0 Å². The Kier molecular flexibility index (Phi) is 0.997. The maximum absolute atomic E-state index is 8.57. The fraction of sp³-hybridized carbons (Fsp3) is 0. The zero-order valence-corrected chi connectivity index (χ0v) is 3.96. The van der Waals surface area contributed by atoms with Gasteiger partial charge in [0.2, 0.25) is 0 Å². The van der Waals surface area contributed by atoms with E-state index in [-0.39, 0.29) is 11.6 Å². The van der Waals surface area contributed by atoms with Crippen molar-refractivity contribution in [3.8, 4) is 5.95 Å². The number of nitrogens with zero attached hydrogens (tertiary/aromatic N) is 1. The molecule has 0 atom stereocenters. The van der Waals surface area contributed by atoms with Crippen LogP contribution >= 0.6 is 0 Å². The van der Waals surface area contributed by atoms with Crippen molar-refractivity contribution in [1.29, 1.82) is 5.53 Å². The Morgan fingerprint density at radius 2 is 2.50 bits per heavy atom. The lowest BCUT2D eigenvalue weighted by Gasteiger charge is -1.78. The van der Waals surface area contributed by atoms with Crippen molar-refractivity contribution in [3.63, 3.8) is 0 Å². The summed E-state index contributed by atoms with van der Waals surface area (Å²) in [6.45, 7) is 0. The molecule has 1 heterocycles. The molecule has 0 aliphatic carbocycles. The van der Waals surface area contributed by atoms with Crippen molar-refractivity contribution < 1.29 is 9.52 Å². The fourth-order valence-corrected chi connectivity index (χ4v) is 0.380. The van der Waals surface area contributed by atoms with Crippen molar-refractivity contribution in [2.24, 2.45) is 5.11 Å². The zero-order chi connectivity index (χ0) is 5.98. The van der Waals surface area contributed by atoms with Gasteiger partial charge in [0.15, 0.2) is 5.69 Å². The number of hydrogen-bond acceptors (Lipinski definition) is 4. The van der Waals surface area contributed by atoms with E-state index in [1.807, 2.05) is 0 Å². The molecule has 0 bridgehead atoms. The predicted molar refractivity (Wildman–Crippen MR) is 25.2 cm³/mol. The second-order valence-electron chi connectivity index (χ2n) is 1.22. The smallest absolute Gasteiger partial charge is 0.310 e. The van der Waals surface area contributed by atoms with Gasteiger partial charge in [-0.3, -0.25) is 0 Å². The SMILES string of the molecule is N=Nc1ccoc1O. The first-order valence-corrected chi connectivity index (χ1v) is 1.98. The highest BCUT2D eigenvalue weighted by Gasteiger charge is 1.98. The molecule has 42 valence electrons. The van der Waals surface area contributed by atoms with Crippen LogP contribution in [0.4, 0.5) is 5.69 Å². The van der Waals surface area contributed by atoms with Crippen LogP contribution in [0.25, 0.3) is 0 Å². The molecule has 1 aromatic heterocycles. The molecule has 0 fully saturated rings. The van der Waals surface area contributed by atoms with Crippen LogP contribution in [0.15, 0.2) is 21.9 Å². The van der Waals surface area contributed by atoms with Crippen LogP contribution in [0.5, 0.6) is 5.95 Å². The van der Waals surface area contributed by atoms with Crippen LogP contribution in [0.2, 0.25) is 0 Å². The molecule has 0 aromatic carbocycles. The second-order valence-corrected chi connectivity index (χ2v) is 1.22. The first-order valence-electron chi connectivity index (χ1n) is 1.98. The van der Waals surface area contributed by atoms with Crippen LogP contribution < -0.4 is 0 Å². The van der Waals surface area contributed by atoms with E-state index >= 15 is 0 Å². The van der Waals surface area contributed by atoms with E-state index < -0.39 is 0 Å². The number of rotatable bonds is 1. The van der Waals surface area contributed by atoms with E-state index in [1.54, 1.807) is 0 Å². The van der Waals surface area contributed by atoms with Gasteiger partial charge in [0.05, 0.1) is 6.26 Å². The molecule has 0 saturated carbocycles. The van der Waals surface area contributed by atoms with Crippen LogP contribution in [-0.4, -0.2) is 5.11 Å². The summed E-state index contributed by atoms with van der Waals surface area (Å²) >= 11 is 0. The molecule has 0 saturated heterocycles. The molecule has 0 aliphatic rings. The van der Waals surface area contributed by atoms with E-state index in [0.29, 0.717) is 0 Å². The van der Waals surface area contributed by atoms with Crippen LogP contribution in [0, 0.1) is 5.53 Å². The lowest BCUT2D eigenvalue weighted by molar-refractivity contribution is 0.334. The Balaban J connectivity index is 3.09. The maximum Gasteiger partial charge on any atom is 0.310 e. The highest BCUT2D eigenvalue weighted by atomic mass is 16.5. The fourth-order valence-electron chi connectivity index (χ4n) is 0.380. The third-order valence-electron chi connectivity index (χ3n) is 0.745. The van der Waals surface area contributed by atoms with E-state index in [2.05, 4.69) is 9.53 Å². The molecule has 8 heavy (non-hydrogen) atoms. The molecule has 0 radical (unpaired) electrons. The lowest BCUT2D eigenvalue weighted by atomic mass is 10.5. The predicted octanol–water partition coefficient (Wildman–Crippen LogP) is 1.65. The number of furan rings is 1. The van der Waals surface area contributed by atoms with Crippen molar-refractivity contribution in [1.82, 2.24) is 0 Å². The van der Waals surface area contributed by atoms with E-state index in [9.17, 15) is 0 Å². The molecule has 0 spiro atoms. The minimum atomic E-state index is -0.306. The first-order chi connectivity index (χ1) is 3.84. The van der Waals surface area contributed by atoms with Gasteiger partial charge in [0, 0.05) is 6.07 Å². The van der Waals surface area contributed by atoms with Crippen molar-refractivity contribution in [3.05, 3.63) is 12.3 Å². The van der Waals surface area contributed by atoms with Crippen molar-refractivity contribution >= 4 is 5.69 Å². The quantitative estimate of drug-likeness (QED) is 0.542. The zero-order valence-electron chi connectivity index (χ0n) is 3.96. The lowest BCUT2D eigenvalue weighted by Crippen LogP contribution is -1.50. The highest BCUT2D eigenvalue weighted by molar-refractivity contribution is 5.42. The Bertz CT molecular complexity index is 194. The Hall–Kier alpha value is -1.32. The highest BCUT2D eigenvalue weighted by Crippen LogP contribution is 2.25. The molecule has 0 amide bonds. The Labute approximate surface area is 45.3 Å². The van der Waals surface area contributed by atoms with Crippen molar-refractivity contribution in [2.45, 2.75) is 0 Å². The van der Waals surface area contributed by atoms with E-state index in [4.69, 9.17) is 10.6 Å². The molecule has 0 aliphatic heterocycles. The van der Waals surface area contributed by atoms with Gasteiger partial charge in [-0.15, -0.1) is 0 Å². The summed E-state index contributed by atoms with van der Waals surface area (Å²) < 4.78 is 4.40. The molecule has 2 N–H and O–H groups in total. The summed E-state index contributed by atoms with van der Waals surface area (Å²) in [6.07, 6.45) is 1.27. The molecule has 1 rings (SSSR count). The van der Waals surface area contributed by atoms with Gasteiger partial charge in [-0.05, 0) is 0 Å². The monoisotopic (exact) mass is 112 g/mol. The largest absolute Gasteiger partial charge is 0.479 e. The molecule has 4 heteroatoms. The minimum absolute atomic E-state index is 0.157. The summed E-state index contributed by atoms with van der Waals surface area (Å²) in [5.41, 5.74) is 6.56. The first kappa shape index (κ1) is 4.83. The number of hydrogen-bond donors (Lipinski definition) is 2. The summed E-state index contributed by atoms with van der Waals surface area (Å²) in [5.74, 6) is -0.306. The topological polar surface area (TPSA) is 69.6 Å². The average Bonchev–Trinajstić information content (AvgIpc) is 2.14. The maximum atomic E-state index is 8.57. The van der Waals surface area contributed by atoms with Crippen LogP contribution in [-0.2, 0) is 0 Å². The number of aromatic hydroxyl groups is 1. The Morgan fingerprint density at radius 1 is 1.75 bits per heavy atom. The van der Waals surface area contributed by atoms with Gasteiger partial charge in [-0.25, -0.2) is 5.53 Å². The molecular weight excluding hydrogens is 108 g/mol. The van der Waals surface area contributed by atoms with Gasteiger partial charge >= 0.3 is 5.95 Å². The van der Waals surface area contributed by atoms with E-state index in [1.165, 1.54) is 12.3 Å². The van der Waals surface area contributed by atoms with E-state index in [0.717, 1.165) is 0 Å². The molecule has 1 aromatic rings. The van der Waals surface area contributed by atoms with Gasteiger partial charge in [-0.2, -0.15) is 5.11 Å². The summed E-state index contributed by atoms with van der Waals surface area (Å²) in [5, 5.41) is 11.5. The standard InChI is InChI=1S/C4H4N2O2/c5-6-3-1-2-8-4(3)7/h1-2,5,7H. The second kappa shape index (κ2) is 1.65. The molecule has 0 unspecified atom stereocenters. The summed E-state index contributed by atoms with van der Waals surface area (Å²) in [7, 11) is 0. The van der Waals surface area contributed by atoms with Gasteiger partial charge in [0.25, 0.3) is 0 Å². The van der Waals surface area contributed by atoms with Crippen molar-refractivity contribution in [2.75, 3.05) is 0 Å². The van der Waals surface area contributed by atoms with Crippen LogP contribution in [0.3, 0.4) is 0 Å². The molecular formula is C4H4N2O2. The number of nitrogens with one attached hydrogen (secondary N) is 1. The summed E-state index contributed by atoms with van der Waals surface area (Å²) in [6, 6.07) is 1.41. The third-order valence-corrected chi connectivity index (χ3v) is 0.745. The van der Waals surface area contributed by atoms with Gasteiger partial charge < -0.3 is 9.52 Å².